The Morgan fingerprint density at radius 1 is 1.41 bits per heavy atom. The molecule has 22 heavy (non-hydrogen) atoms. The zero-order chi connectivity index (χ0) is 16.1. The monoisotopic (exact) mass is 384 g/mol. The van der Waals surface area contributed by atoms with Crippen molar-refractivity contribution in [1.82, 2.24) is 10.2 Å². The molecule has 1 fully saturated rings. The van der Waals surface area contributed by atoms with Crippen LogP contribution in [0.3, 0.4) is 0 Å². The summed E-state index contributed by atoms with van der Waals surface area (Å²) in [5, 5.41) is 3.09. The lowest BCUT2D eigenvalue weighted by atomic mass is 10.2. The standard InChI is InChI=1S/C17H25BrN2OS/c1-4-20-7-5-6-14(20)10-19-17(21)11-22-16-9-12(2)15(18)8-13(16)3/h8-9,14H,4-7,10-11H2,1-3H3,(H,19,21). The molecule has 1 heterocycles. The molecule has 1 aliphatic rings. The molecular formula is C17H25BrN2OS. The Balaban J connectivity index is 1.79. The fourth-order valence-corrected chi connectivity index (χ4v) is 4.27. The highest BCUT2D eigenvalue weighted by Crippen LogP contribution is 2.28. The van der Waals surface area contributed by atoms with Crippen LogP contribution in [0.1, 0.15) is 30.9 Å². The van der Waals surface area contributed by atoms with Crippen molar-refractivity contribution in [2.75, 3.05) is 25.4 Å². The normalized spacial score (nSPS) is 18.6. The van der Waals surface area contributed by atoms with E-state index in [1.807, 2.05) is 0 Å². The SMILES string of the molecule is CCN1CCCC1CNC(=O)CSc1cc(C)c(Br)cc1C. The summed E-state index contributed by atoms with van der Waals surface area (Å²) in [5.74, 6) is 0.619. The molecule has 1 atom stereocenters. The number of hydrogen-bond donors (Lipinski definition) is 1. The molecule has 0 aromatic heterocycles. The number of likely N-dealkylation sites (tertiary alicyclic amines) is 1. The molecule has 1 aliphatic heterocycles. The lowest BCUT2D eigenvalue weighted by Crippen LogP contribution is -2.40. The van der Waals surface area contributed by atoms with Gasteiger partial charge in [0.1, 0.15) is 0 Å². The summed E-state index contributed by atoms with van der Waals surface area (Å²) in [4.78, 5) is 15.7. The molecular weight excluding hydrogens is 360 g/mol. The molecule has 0 radical (unpaired) electrons. The first kappa shape index (κ1) is 17.8. The highest BCUT2D eigenvalue weighted by molar-refractivity contribution is 9.10. The first-order valence-electron chi connectivity index (χ1n) is 7.91. The number of nitrogens with zero attached hydrogens (tertiary/aromatic N) is 1. The van der Waals surface area contributed by atoms with E-state index in [2.05, 4.69) is 59.1 Å². The zero-order valence-electron chi connectivity index (χ0n) is 13.6. The van der Waals surface area contributed by atoms with E-state index in [9.17, 15) is 4.79 Å². The summed E-state index contributed by atoms with van der Waals surface area (Å²) in [6.45, 7) is 9.38. The number of thioether (sulfide) groups is 1. The van der Waals surface area contributed by atoms with Gasteiger partial charge in [-0.3, -0.25) is 9.69 Å². The predicted molar refractivity (Wildman–Crippen MR) is 97.6 cm³/mol. The second-order valence-corrected chi connectivity index (χ2v) is 7.76. The fourth-order valence-electron chi connectivity index (χ4n) is 2.88. The molecule has 1 saturated heterocycles. The average molecular weight is 385 g/mol. The second-order valence-electron chi connectivity index (χ2n) is 5.88. The van der Waals surface area contributed by atoms with Crippen LogP contribution in [0.2, 0.25) is 0 Å². The predicted octanol–water partition coefficient (Wildman–Crippen LogP) is 3.76. The fraction of sp³-hybridized carbons (Fsp3) is 0.588. The summed E-state index contributed by atoms with van der Waals surface area (Å²) in [7, 11) is 0. The van der Waals surface area contributed by atoms with E-state index in [1.54, 1.807) is 11.8 Å². The Hall–Kier alpha value is -0.520. The van der Waals surface area contributed by atoms with Crippen LogP contribution in [0.25, 0.3) is 0 Å². The van der Waals surface area contributed by atoms with Crippen molar-refractivity contribution in [3.05, 3.63) is 27.7 Å². The number of halogens is 1. The minimum Gasteiger partial charge on any atom is -0.354 e. The minimum absolute atomic E-state index is 0.132. The maximum Gasteiger partial charge on any atom is 0.230 e. The summed E-state index contributed by atoms with van der Waals surface area (Å²) in [6.07, 6.45) is 2.45. The molecule has 1 N–H and O–H groups in total. The van der Waals surface area contributed by atoms with Gasteiger partial charge in [0.05, 0.1) is 5.75 Å². The van der Waals surface area contributed by atoms with E-state index in [-0.39, 0.29) is 5.91 Å². The maximum absolute atomic E-state index is 12.1. The first-order chi connectivity index (χ1) is 10.5. The van der Waals surface area contributed by atoms with Gasteiger partial charge in [-0.05, 0) is 63.0 Å². The maximum atomic E-state index is 12.1. The van der Waals surface area contributed by atoms with Gasteiger partial charge in [-0.25, -0.2) is 0 Å². The number of benzene rings is 1. The highest BCUT2D eigenvalue weighted by Gasteiger charge is 2.23. The summed E-state index contributed by atoms with van der Waals surface area (Å²) < 4.78 is 1.12. The molecule has 1 aromatic carbocycles. The lowest BCUT2D eigenvalue weighted by molar-refractivity contribution is -0.118. The number of nitrogens with one attached hydrogen (secondary N) is 1. The number of aryl methyl sites for hydroxylation is 2. The van der Waals surface area contributed by atoms with Crippen LogP contribution in [0.4, 0.5) is 0 Å². The summed E-state index contributed by atoms with van der Waals surface area (Å²) in [6, 6.07) is 4.79. The van der Waals surface area contributed by atoms with Gasteiger partial charge in [-0.15, -0.1) is 11.8 Å². The van der Waals surface area contributed by atoms with Crippen molar-refractivity contribution < 1.29 is 4.79 Å². The lowest BCUT2D eigenvalue weighted by Gasteiger charge is -2.22. The van der Waals surface area contributed by atoms with Crippen molar-refractivity contribution in [2.24, 2.45) is 0 Å². The van der Waals surface area contributed by atoms with E-state index in [1.165, 1.54) is 35.4 Å². The molecule has 0 bridgehead atoms. The quantitative estimate of drug-likeness (QED) is 0.757. The summed E-state index contributed by atoms with van der Waals surface area (Å²) >= 11 is 5.16. The van der Waals surface area contributed by atoms with E-state index >= 15 is 0 Å². The number of likely N-dealkylation sites (N-methyl/N-ethyl adjacent to an activating group) is 1. The topological polar surface area (TPSA) is 32.3 Å². The largest absolute Gasteiger partial charge is 0.354 e. The Morgan fingerprint density at radius 3 is 2.91 bits per heavy atom. The van der Waals surface area contributed by atoms with Crippen LogP contribution in [0.5, 0.6) is 0 Å². The van der Waals surface area contributed by atoms with Gasteiger partial charge in [-0.1, -0.05) is 22.9 Å². The van der Waals surface area contributed by atoms with Crippen LogP contribution in [-0.4, -0.2) is 42.2 Å². The van der Waals surface area contributed by atoms with Crippen molar-refractivity contribution in [3.8, 4) is 0 Å². The van der Waals surface area contributed by atoms with Crippen molar-refractivity contribution in [1.29, 1.82) is 0 Å². The van der Waals surface area contributed by atoms with Crippen LogP contribution < -0.4 is 5.32 Å². The van der Waals surface area contributed by atoms with Gasteiger partial charge in [0.15, 0.2) is 0 Å². The number of carbonyl (C=O) groups excluding carboxylic acids is 1. The van der Waals surface area contributed by atoms with E-state index in [0.717, 1.165) is 17.6 Å². The highest BCUT2D eigenvalue weighted by atomic mass is 79.9. The third-order valence-electron chi connectivity index (χ3n) is 4.26. The second kappa shape index (κ2) is 8.37. The molecule has 1 amide bonds. The zero-order valence-corrected chi connectivity index (χ0v) is 16.0. The molecule has 1 unspecified atom stereocenters. The van der Waals surface area contributed by atoms with E-state index in [4.69, 9.17) is 0 Å². The van der Waals surface area contributed by atoms with Crippen molar-refractivity contribution in [2.45, 2.75) is 44.6 Å². The van der Waals surface area contributed by atoms with Crippen LogP contribution in [-0.2, 0) is 4.79 Å². The summed E-state index contributed by atoms with van der Waals surface area (Å²) in [5.41, 5.74) is 2.42. The van der Waals surface area contributed by atoms with Crippen LogP contribution >= 0.6 is 27.7 Å². The first-order valence-corrected chi connectivity index (χ1v) is 9.69. The molecule has 0 spiro atoms. The Labute approximate surface area is 146 Å². The van der Waals surface area contributed by atoms with Gasteiger partial charge >= 0.3 is 0 Å². The molecule has 1 aromatic rings. The smallest absolute Gasteiger partial charge is 0.230 e. The number of amides is 1. The Kier molecular flexibility index (Phi) is 6.78. The number of rotatable bonds is 6. The average Bonchev–Trinajstić information content (AvgIpc) is 2.95. The minimum atomic E-state index is 0.132. The third-order valence-corrected chi connectivity index (χ3v) is 6.27. The molecule has 5 heteroatoms. The third kappa shape index (κ3) is 4.74. The van der Waals surface area contributed by atoms with E-state index < -0.39 is 0 Å². The molecule has 2 rings (SSSR count). The Bertz CT molecular complexity index is 536. The molecule has 122 valence electrons. The van der Waals surface area contributed by atoms with Crippen LogP contribution in [0.15, 0.2) is 21.5 Å². The Morgan fingerprint density at radius 2 is 2.18 bits per heavy atom. The van der Waals surface area contributed by atoms with Gasteiger partial charge in [0, 0.05) is 22.0 Å². The molecule has 3 nitrogen and oxygen atoms in total. The van der Waals surface area contributed by atoms with E-state index in [0.29, 0.717) is 11.8 Å². The molecule has 0 saturated carbocycles. The van der Waals surface area contributed by atoms with Crippen molar-refractivity contribution >= 4 is 33.6 Å². The van der Waals surface area contributed by atoms with Gasteiger partial charge in [0.25, 0.3) is 0 Å². The molecule has 0 aliphatic carbocycles. The van der Waals surface area contributed by atoms with Gasteiger partial charge in [0.2, 0.25) is 5.91 Å². The number of hydrogen-bond acceptors (Lipinski definition) is 3. The van der Waals surface area contributed by atoms with Crippen LogP contribution in [0, 0.1) is 13.8 Å². The number of carbonyl (C=O) groups is 1. The van der Waals surface area contributed by atoms with Gasteiger partial charge in [-0.2, -0.15) is 0 Å². The van der Waals surface area contributed by atoms with Gasteiger partial charge < -0.3 is 5.32 Å². The van der Waals surface area contributed by atoms with Crippen molar-refractivity contribution in [3.63, 3.8) is 0 Å².